The van der Waals surface area contributed by atoms with Gasteiger partial charge in [-0.25, -0.2) is 0 Å². The molecule has 3 heteroatoms. The maximum atomic E-state index is 10.7. The van der Waals surface area contributed by atoms with Crippen LogP contribution in [0, 0.1) is 17.8 Å². The van der Waals surface area contributed by atoms with Crippen LogP contribution >= 0.6 is 0 Å². The maximum absolute atomic E-state index is 10.7. The number of hydrogen-bond donors (Lipinski definition) is 1. The van der Waals surface area contributed by atoms with Gasteiger partial charge in [0.1, 0.15) is 0 Å². The van der Waals surface area contributed by atoms with Crippen LogP contribution in [0.5, 0.6) is 0 Å². The molecule has 2 aliphatic carbocycles. The first-order valence-electron chi connectivity index (χ1n) is 6.24. The van der Waals surface area contributed by atoms with E-state index in [1.54, 1.807) is 6.08 Å². The number of rotatable bonds is 6. The standard InChI is InChI=1S/C13H21NO2/c1-2-5-14(9-13(15)16)8-12-7-10-3-4-11(12)6-10/h2,10-12H,1,3-9H2,(H,15,16). The van der Waals surface area contributed by atoms with Crippen molar-refractivity contribution >= 4 is 5.97 Å². The predicted molar refractivity (Wildman–Crippen MR) is 63.2 cm³/mol. The van der Waals surface area contributed by atoms with Crippen molar-refractivity contribution in [1.29, 1.82) is 0 Å². The normalized spacial score (nSPS) is 32.2. The van der Waals surface area contributed by atoms with Crippen molar-refractivity contribution in [2.75, 3.05) is 19.6 Å². The largest absolute Gasteiger partial charge is 0.480 e. The first kappa shape index (κ1) is 11.6. The average Bonchev–Trinajstić information content (AvgIpc) is 2.78. The fraction of sp³-hybridized carbons (Fsp3) is 0.769. The van der Waals surface area contributed by atoms with E-state index in [1.807, 2.05) is 4.90 Å². The van der Waals surface area contributed by atoms with Gasteiger partial charge in [0.05, 0.1) is 6.54 Å². The number of carboxylic acid groups (broad SMARTS) is 1. The molecule has 0 aliphatic heterocycles. The monoisotopic (exact) mass is 223 g/mol. The van der Waals surface area contributed by atoms with E-state index in [9.17, 15) is 4.79 Å². The molecule has 1 N–H and O–H groups in total. The Labute approximate surface area is 97.1 Å². The van der Waals surface area contributed by atoms with E-state index in [0.29, 0.717) is 6.54 Å². The Morgan fingerprint density at radius 3 is 2.75 bits per heavy atom. The fourth-order valence-electron chi connectivity index (χ4n) is 3.51. The predicted octanol–water partition coefficient (Wildman–Crippen LogP) is 2.00. The minimum atomic E-state index is -0.731. The molecule has 0 heterocycles. The van der Waals surface area contributed by atoms with Crippen LogP contribution in [-0.2, 0) is 4.79 Å². The van der Waals surface area contributed by atoms with Crippen LogP contribution in [0.4, 0.5) is 0 Å². The second-order valence-electron chi connectivity index (χ2n) is 5.31. The molecule has 90 valence electrons. The van der Waals surface area contributed by atoms with Crippen molar-refractivity contribution in [2.24, 2.45) is 17.8 Å². The molecule has 16 heavy (non-hydrogen) atoms. The van der Waals surface area contributed by atoms with E-state index in [2.05, 4.69) is 6.58 Å². The Bertz CT molecular complexity index is 277. The summed E-state index contributed by atoms with van der Waals surface area (Å²) >= 11 is 0. The first-order valence-corrected chi connectivity index (χ1v) is 6.24. The third-order valence-corrected chi connectivity index (χ3v) is 4.12. The third kappa shape index (κ3) is 2.64. The van der Waals surface area contributed by atoms with Crippen LogP contribution in [0.15, 0.2) is 12.7 Å². The molecule has 2 fully saturated rings. The maximum Gasteiger partial charge on any atom is 0.317 e. The van der Waals surface area contributed by atoms with E-state index in [4.69, 9.17) is 5.11 Å². The lowest BCUT2D eigenvalue weighted by Gasteiger charge is -2.28. The van der Waals surface area contributed by atoms with Gasteiger partial charge < -0.3 is 5.11 Å². The summed E-state index contributed by atoms with van der Waals surface area (Å²) in [6.45, 7) is 5.49. The van der Waals surface area contributed by atoms with E-state index in [-0.39, 0.29) is 6.54 Å². The zero-order valence-electron chi connectivity index (χ0n) is 9.77. The second-order valence-corrected chi connectivity index (χ2v) is 5.31. The van der Waals surface area contributed by atoms with E-state index in [1.165, 1.54) is 25.7 Å². The zero-order valence-corrected chi connectivity index (χ0v) is 9.77. The molecule has 2 aliphatic rings. The summed E-state index contributed by atoms with van der Waals surface area (Å²) < 4.78 is 0. The highest BCUT2D eigenvalue weighted by atomic mass is 16.4. The molecule has 3 unspecified atom stereocenters. The lowest BCUT2D eigenvalue weighted by Crippen LogP contribution is -2.35. The van der Waals surface area contributed by atoms with Crippen molar-refractivity contribution in [3.63, 3.8) is 0 Å². The van der Waals surface area contributed by atoms with Gasteiger partial charge in [0.15, 0.2) is 0 Å². The molecule has 3 nitrogen and oxygen atoms in total. The quantitative estimate of drug-likeness (QED) is 0.700. The van der Waals surface area contributed by atoms with Gasteiger partial charge in [0.2, 0.25) is 0 Å². The fourth-order valence-corrected chi connectivity index (χ4v) is 3.51. The molecular formula is C13H21NO2. The van der Waals surface area contributed by atoms with Crippen molar-refractivity contribution < 1.29 is 9.90 Å². The van der Waals surface area contributed by atoms with E-state index in [0.717, 1.165) is 24.3 Å². The van der Waals surface area contributed by atoms with Crippen molar-refractivity contribution in [1.82, 2.24) is 4.90 Å². The Morgan fingerprint density at radius 1 is 1.44 bits per heavy atom. The number of nitrogens with zero attached hydrogens (tertiary/aromatic N) is 1. The molecular weight excluding hydrogens is 202 g/mol. The summed E-state index contributed by atoms with van der Waals surface area (Å²) in [4.78, 5) is 12.8. The number of fused-ring (bicyclic) bond motifs is 2. The van der Waals surface area contributed by atoms with Gasteiger partial charge in [-0.2, -0.15) is 0 Å². The summed E-state index contributed by atoms with van der Waals surface area (Å²) in [6.07, 6.45) is 7.28. The Hall–Kier alpha value is -0.830. The molecule has 0 saturated heterocycles. The molecule has 2 saturated carbocycles. The van der Waals surface area contributed by atoms with Gasteiger partial charge in [-0.1, -0.05) is 12.5 Å². The van der Waals surface area contributed by atoms with E-state index >= 15 is 0 Å². The summed E-state index contributed by atoms with van der Waals surface area (Å²) in [7, 11) is 0. The molecule has 2 rings (SSSR count). The molecule has 0 radical (unpaired) electrons. The highest BCUT2D eigenvalue weighted by Crippen LogP contribution is 2.48. The highest BCUT2D eigenvalue weighted by molar-refractivity contribution is 5.69. The number of aliphatic carboxylic acids is 1. The van der Waals surface area contributed by atoms with Crippen LogP contribution in [0.25, 0.3) is 0 Å². The number of carboxylic acids is 1. The molecule has 3 atom stereocenters. The SMILES string of the molecule is C=CCN(CC(=O)O)CC1CC2CCC1C2. The topological polar surface area (TPSA) is 40.5 Å². The minimum absolute atomic E-state index is 0.153. The summed E-state index contributed by atoms with van der Waals surface area (Å²) in [6, 6.07) is 0. The molecule has 0 aromatic carbocycles. The average molecular weight is 223 g/mol. The Morgan fingerprint density at radius 2 is 2.25 bits per heavy atom. The van der Waals surface area contributed by atoms with Gasteiger partial charge >= 0.3 is 5.97 Å². The molecule has 2 bridgehead atoms. The number of carbonyl (C=O) groups is 1. The Kier molecular flexibility index (Phi) is 3.64. The van der Waals surface area contributed by atoms with Gasteiger partial charge in [0, 0.05) is 13.1 Å². The molecule has 0 amide bonds. The first-order chi connectivity index (χ1) is 7.69. The van der Waals surface area contributed by atoms with Crippen LogP contribution < -0.4 is 0 Å². The summed E-state index contributed by atoms with van der Waals surface area (Å²) in [5.74, 6) is 1.81. The molecule has 0 spiro atoms. The number of hydrogen-bond acceptors (Lipinski definition) is 2. The van der Waals surface area contributed by atoms with Crippen LogP contribution in [0.3, 0.4) is 0 Å². The van der Waals surface area contributed by atoms with Crippen LogP contribution in [-0.4, -0.2) is 35.6 Å². The van der Waals surface area contributed by atoms with E-state index < -0.39 is 5.97 Å². The van der Waals surface area contributed by atoms with Crippen molar-refractivity contribution in [3.8, 4) is 0 Å². The van der Waals surface area contributed by atoms with Gasteiger partial charge in [0.25, 0.3) is 0 Å². The minimum Gasteiger partial charge on any atom is -0.480 e. The van der Waals surface area contributed by atoms with Gasteiger partial charge in [-0.15, -0.1) is 6.58 Å². The summed E-state index contributed by atoms with van der Waals surface area (Å²) in [5, 5.41) is 8.84. The smallest absolute Gasteiger partial charge is 0.317 e. The Balaban J connectivity index is 1.85. The lowest BCUT2D eigenvalue weighted by atomic mass is 9.88. The van der Waals surface area contributed by atoms with Gasteiger partial charge in [-0.3, -0.25) is 9.69 Å². The van der Waals surface area contributed by atoms with Crippen molar-refractivity contribution in [3.05, 3.63) is 12.7 Å². The second kappa shape index (κ2) is 5.00. The summed E-state index contributed by atoms with van der Waals surface area (Å²) in [5.41, 5.74) is 0. The highest BCUT2D eigenvalue weighted by Gasteiger charge is 2.39. The van der Waals surface area contributed by atoms with Crippen molar-refractivity contribution in [2.45, 2.75) is 25.7 Å². The third-order valence-electron chi connectivity index (χ3n) is 4.12. The molecule has 0 aromatic rings. The van der Waals surface area contributed by atoms with Crippen LogP contribution in [0.1, 0.15) is 25.7 Å². The molecule has 0 aromatic heterocycles. The lowest BCUT2D eigenvalue weighted by molar-refractivity contribution is -0.138. The van der Waals surface area contributed by atoms with Gasteiger partial charge in [-0.05, 0) is 37.0 Å². The van der Waals surface area contributed by atoms with Crippen LogP contribution in [0.2, 0.25) is 0 Å². The zero-order chi connectivity index (χ0) is 11.5.